The number of aromatic nitrogens is 2. The maximum absolute atomic E-state index is 10.4. The predicted octanol–water partition coefficient (Wildman–Crippen LogP) is 3.48. The molecular weight excluding hydrogens is 308 g/mol. The largest absolute Gasteiger partial charge is 0.507 e. The van der Waals surface area contributed by atoms with Gasteiger partial charge in [-0.15, -0.1) is 0 Å². The van der Waals surface area contributed by atoms with Gasteiger partial charge < -0.3 is 19.3 Å². The molecule has 0 amide bonds. The lowest BCUT2D eigenvalue weighted by Gasteiger charge is -2.13. The van der Waals surface area contributed by atoms with Gasteiger partial charge in [0, 0.05) is 17.7 Å². The Labute approximate surface area is 139 Å². The zero-order valence-corrected chi connectivity index (χ0v) is 13.7. The minimum Gasteiger partial charge on any atom is -0.507 e. The molecule has 6 nitrogen and oxygen atoms in total. The van der Waals surface area contributed by atoms with Crippen molar-refractivity contribution >= 4 is 0 Å². The number of ether oxygens (including phenoxy) is 3. The number of nitrogens with zero attached hydrogens (tertiary/aromatic N) is 1. The number of aromatic amines is 1. The fourth-order valence-electron chi connectivity index (χ4n) is 2.57. The Hall–Kier alpha value is -3.15. The summed E-state index contributed by atoms with van der Waals surface area (Å²) in [5.41, 5.74) is 2.98. The molecule has 2 N–H and O–H groups in total. The van der Waals surface area contributed by atoms with Crippen molar-refractivity contribution in [2.24, 2.45) is 0 Å². The number of benzene rings is 2. The number of nitrogens with one attached hydrogen (secondary N) is 1. The fourth-order valence-corrected chi connectivity index (χ4v) is 2.57. The lowest BCUT2D eigenvalue weighted by Crippen LogP contribution is -1.93. The van der Waals surface area contributed by atoms with Crippen molar-refractivity contribution in [1.82, 2.24) is 10.2 Å². The number of methoxy groups -OCH3 is 3. The van der Waals surface area contributed by atoms with E-state index in [-0.39, 0.29) is 5.75 Å². The molecule has 0 saturated carbocycles. The van der Waals surface area contributed by atoms with Crippen molar-refractivity contribution in [3.63, 3.8) is 0 Å². The van der Waals surface area contributed by atoms with Crippen LogP contribution in [0.4, 0.5) is 0 Å². The lowest BCUT2D eigenvalue weighted by molar-refractivity contribution is 0.386. The molecule has 1 aromatic heterocycles. The molecule has 2 aromatic carbocycles. The first-order chi connectivity index (χ1) is 11.7. The van der Waals surface area contributed by atoms with Gasteiger partial charge in [-0.2, -0.15) is 5.10 Å². The number of aromatic hydroxyl groups is 1. The normalized spacial score (nSPS) is 10.5. The molecule has 0 radical (unpaired) electrons. The minimum absolute atomic E-state index is 0.0465. The summed E-state index contributed by atoms with van der Waals surface area (Å²) in [6.07, 6.45) is 1.71. The average molecular weight is 326 g/mol. The third kappa shape index (κ3) is 2.74. The van der Waals surface area contributed by atoms with Crippen LogP contribution in [0, 0.1) is 0 Å². The molecule has 1 heterocycles. The highest BCUT2D eigenvalue weighted by Gasteiger charge is 2.19. The Kier molecular flexibility index (Phi) is 4.29. The Balaban J connectivity index is 2.13. The molecule has 0 fully saturated rings. The van der Waals surface area contributed by atoms with E-state index >= 15 is 0 Å². The quantitative estimate of drug-likeness (QED) is 0.751. The average Bonchev–Trinajstić information content (AvgIpc) is 3.10. The van der Waals surface area contributed by atoms with E-state index < -0.39 is 0 Å². The van der Waals surface area contributed by atoms with Crippen LogP contribution in [0.1, 0.15) is 0 Å². The SMILES string of the molecule is COc1ccc(-c2cn[nH]c2-c2c(O)cc(OC)cc2OC)cc1. The van der Waals surface area contributed by atoms with Crippen molar-refractivity contribution in [2.45, 2.75) is 0 Å². The van der Waals surface area contributed by atoms with Crippen LogP contribution in [0.15, 0.2) is 42.6 Å². The Bertz CT molecular complexity index is 841. The number of H-pyrrole nitrogens is 1. The van der Waals surface area contributed by atoms with Gasteiger partial charge in [-0.05, 0) is 17.7 Å². The molecule has 0 aliphatic carbocycles. The second kappa shape index (κ2) is 6.54. The highest BCUT2D eigenvalue weighted by atomic mass is 16.5. The number of hydrogen-bond donors (Lipinski definition) is 2. The summed E-state index contributed by atoms with van der Waals surface area (Å²) in [4.78, 5) is 0. The molecule has 3 aromatic rings. The molecular formula is C18H18N2O4. The van der Waals surface area contributed by atoms with Gasteiger partial charge in [-0.25, -0.2) is 0 Å². The second-order valence-corrected chi connectivity index (χ2v) is 5.11. The van der Waals surface area contributed by atoms with E-state index in [4.69, 9.17) is 14.2 Å². The molecule has 24 heavy (non-hydrogen) atoms. The van der Waals surface area contributed by atoms with E-state index in [1.165, 1.54) is 13.2 Å². The summed E-state index contributed by atoms with van der Waals surface area (Å²) in [6, 6.07) is 10.9. The van der Waals surface area contributed by atoms with Crippen LogP contribution in [-0.4, -0.2) is 36.6 Å². The Morgan fingerprint density at radius 2 is 1.62 bits per heavy atom. The van der Waals surface area contributed by atoms with Crippen molar-refractivity contribution in [2.75, 3.05) is 21.3 Å². The van der Waals surface area contributed by atoms with Gasteiger partial charge in [0.1, 0.15) is 23.0 Å². The van der Waals surface area contributed by atoms with Crippen LogP contribution < -0.4 is 14.2 Å². The molecule has 0 aliphatic heterocycles. The van der Waals surface area contributed by atoms with E-state index in [0.717, 1.165) is 16.9 Å². The number of phenols is 1. The van der Waals surface area contributed by atoms with Crippen molar-refractivity contribution in [1.29, 1.82) is 0 Å². The van der Waals surface area contributed by atoms with Crippen LogP contribution in [-0.2, 0) is 0 Å². The fraction of sp³-hybridized carbons (Fsp3) is 0.167. The maximum atomic E-state index is 10.4. The van der Waals surface area contributed by atoms with E-state index in [1.807, 2.05) is 24.3 Å². The highest BCUT2D eigenvalue weighted by Crippen LogP contribution is 2.43. The topological polar surface area (TPSA) is 76.6 Å². The molecule has 124 valence electrons. The standard InChI is InChI=1S/C18H18N2O4/c1-22-12-6-4-11(5-7-12)14-10-19-20-18(14)17-15(21)8-13(23-2)9-16(17)24-3/h4-10,21H,1-3H3,(H,19,20). The highest BCUT2D eigenvalue weighted by molar-refractivity contribution is 5.86. The molecule has 0 bridgehead atoms. The summed E-state index contributed by atoms with van der Waals surface area (Å²) >= 11 is 0. The molecule has 0 aliphatic rings. The Morgan fingerprint density at radius 1 is 0.917 bits per heavy atom. The molecule has 0 unspecified atom stereocenters. The minimum atomic E-state index is 0.0465. The molecule has 0 saturated heterocycles. The van der Waals surface area contributed by atoms with Gasteiger partial charge >= 0.3 is 0 Å². The molecule has 6 heteroatoms. The molecule has 0 spiro atoms. The maximum Gasteiger partial charge on any atom is 0.135 e. The number of hydrogen-bond acceptors (Lipinski definition) is 5. The summed E-state index contributed by atoms with van der Waals surface area (Å²) in [5, 5.41) is 17.5. The monoisotopic (exact) mass is 326 g/mol. The lowest BCUT2D eigenvalue weighted by atomic mass is 10.00. The van der Waals surface area contributed by atoms with E-state index in [1.54, 1.807) is 26.5 Å². The zero-order valence-electron chi connectivity index (χ0n) is 13.7. The third-order valence-corrected chi connectivity index (χ3v) is 3.80. The van der Waals surface area contributed by atoms with Crippen molar-refractivity contribution in [3.05, 3.63) is 42.6 Å². The van der Waals surface area contributed by atoms with Gasteiger partial charge in [0.2, 0.25) is 0 Å². The number of rotatable bonds is 5. The van der Waals surface area contributed by atoms with Crippen LogP contribution in [0.25, 0.3) is 22.4 Å². The Morgan fingerprint density at radius 3 is 2.25 bits per heavy atom. The first-order valence-corrected chi connectivity index (χ1v) is 7.31. The van der Waals surface area contributed by atoms with Gasteiger partial charge in [-0.1, -0.05) is 12.1 Å². The van der Waals surface area contributed by atoms with Crippen LogP contribution in [0.5, 0.6) is 23.0 Å². The summed E-state index contributed by atoms with van der Waals surface area (Å²) in [7, 11) is 4.70. The van der Waals surface area contributed by atoms with E-state index in [9.17, 15) is 5.11 Å². The first-order valence-electron chi connectivity index (χ1n) is 7.31. The third-order valence-electron chi connectivity index (χ3n) is 3.80. The smallest absolute Gasteiger partial charge is 0.135 e. The van der Waals surface area contributed by atoms with Gasteiger partial charge in [0.05, 0.1) is 38.8 Å². The summed E-state index contributed by atoms with van der Waals surface area (Å²) < 4.78 is 15.8. The van der Waals surface area contributed by atoms with Crippen molar-refractivity contribution < 1.29 is 19.3 Å². The van der Waals surface area contributed by atoms with Crippen molar-refractivity contribution in [3.8, 4) is 45.4 Å². The van der Waals surface area contributed by atoms with Crippen LogP contribution in [0.3, 0.4) is 0 Å². The van der Waals surface area contributed by atoms with E-state index in [0.29, 0.717) is 22.8 Å². The number of phenolic OH excluding ortho intramolecular Hbond substituents is 1. The molecule has 0 atom stereocenters. The van der Waals surface area contributed by atoms with Crippen LogP contribution in [0.2, 0.25) is 0 Å². The zero-order chi connectivity index (χ0) is 17.1. The van der Waals surface area contributed by atoms with Gasteiger partial charge in [-0.3, -0.25) is 5.10 Å². The first kappa shape index (κ1) is 15.7. The second-order valence-electron chi connectivity index (χ2n) is 5.11. The summed E-state index contributed by atoms with van der Waals surface area (Å²) in [5.74, 6) is 1.82. The summed E-state index contributed by atoms with van der Waals surface area (Å²) in [6.45, 7) is 0. The van der Waals surface area contributed by atoms with E-state index in [2.05, 4.69) is 10.2 Å². The van der Waals surface area contributed by atoms with Gasteiger partial charge in [0.15, 0.2) is 0 Å². The predicted molar refractivity (Wildman–Crippen MR) is 90.8 cm³/mol. The molecule has 3 rings (SSSR count). The van der Waals surface area contributed by atoms with Gasteiger partial charge in [0.25, 0.3) is 0 Å². The van der Waals surface area contributed by atoms with Crippen LogP contribution >= 0.6 is 0 Å².